The van der Waals surface area contributed by atoms with Gasteiger partial charge >= 0.3 is 7.44 Å². The van der Waals surface area contributed by atoms with Gasteiger partial charge in [-0.15, -0.1) is 0 Å². The molecule has 1 aliphatic heterocycles. The molecule has 9 aromatic rings. The smallest absolute Gasteiger partial charge is 0.301 e. The Hall–Kier alpha value is -7.39. The topological polar surface area (TPSA) is 26.8 Å². The Bertz CT molecular complexity index is 2790. The zero-order chi connectivity index (χ0) is 39.6. The first-order chi connectivity index (χ1) is 29.1. The largest absolute Gasteiger partial charge is 0.311 e. The van der Waals surface area contributed by atoms with Crippen LogP contribution >= 0.6 is 7.44 Å². The minimum absolute atomic E-state index is 0.767. The van der Waals surface area contributed by atoms with E-state index in [0.717, 1.165) is 56.2 Å². The van der Waals surface area contributed by atoms with Gasteiger partial charge < -0.3 is 4.90 Å². The van der Waals surface area contributed by atoms with Crippen LogP contribution in [0.25, 0.3) is 33.4 Å². The Kier molecular flexibility index (Phi) is 9.46. The van der Waals surface area contributed by atoms with Crippen LogP contribution < -0.4 is 19.5 Å². The van der Waals surface area contributed by atoms with Crippen LogP contribution in [0, 0.1) is 0 Å². The second kappa shape index (κ2) is 15.5. The molecule has 1 unspecified atom stereocenters. The molecule has 10 rings (SSSR count). The average molecular weight is 778 g/mol. The Morgan fingerprint density at radius 1 is 0.305 bits per heavy atom. The van der Waals surface area contributed by atoms with Crippen LogP contribution in [0.1, 0.15) is 0 Å². The fraction of sp³-hybridized carbons (Fsp3) is 0. The zero-order valence-corrected chi connectivity index (χ0v) is 33.2. The standard InChI is InChI=1S/C54H40N3OP/c58-59(52-24-14-5-15-25-52)56(50-20-10-3-11-21-50)53-39-32-46(40-54(53)57(59)51-22-12-4-13-23-51)45-30-37-49(38-31-45)55(47-33-26-43(27-34-47)41-16-6-1-7-17-41)48-35-28-44(29-36-48)42-18-8-2-9-19-42/h1-40H. The van der Waals surface area contributed by atoms with Gasteiger partial charge in [-0.05, 0) is 118 Å². The highest BCUT2D eigenvalue weighted by atomic mass is 31.2. The van der Waals surface area contributed by atoms with Crippen molar-refractivity contribution >= 4 is 52.6 Å². The van der Waals surface area contributed by atoms with Gasteiger partial charge in [0.05, 0.1) is 16.7 Å². The average Bonchev–Trinajstić information content (AvgIpc) is 3.59. The maximum Gasteiger partial charge on any atom is 0.301 e. The molecule has 0 aliphatic carbocycles. The third kappa shape index (κ3) is 6.70. The van der Waals surface area contributed by atoms with Gasteiger partial charge in [0, 0.05) is 28.4 Å². The summed E-state index contributed by atoms with van der Waals surface area (Å²) in [5.74, 6) is 0. The van der Waals surface area contributed by atoms with Crippen LogP contribution in [0.15, 0.2) is 243 Å². The summed E-state index contributed by atoms with van der Waals surface area (Å²) >= 11 is 0. The number of hydrogen-bond donors (Lipinski definition) is 0. The lowest BCUT2D eigenvalue weighted by atomic mass is 10.0. The lowest BCUT2D eigenvalue weighted by molar-refractivity contribution is 0.582. The first-order valence-electron chi connectivity index (χ1n) is 19.9. The van der Waals surface area contributed by atoms with Crippen molar-refractivity contribution in [2.24, 2.45) is 0 Å². The Morgan fingerprint density at radius 3 is 1.05 bits per heavy atom. The number of para-hydroxylation sites is 2. The van der Waals surface area contributed by atoms with Gasteiger partial charge in [0.1, 0.15) is 0 Å². The highest BCUT2D eigenvalue weighted by molar-refractivity contribution is 7.76. The summed E-state index contributed by atoms with van der Waals surface area (Å²) in [7, 11) is -3.46. The van der Waals surface area contributed by atoms with E-state index in [1.54, 1.807) is 0 Å². The van der Waals surface area contributed by atoms with Crippen molar-refractivity contribution in [3.05, 3.63) is 243 Å². The molecule has 0 N–H and O–H groups in total. The van der Waals surface area contributed by atoms with Gasteiger partial charge in [-0.2, -0.15) is 0 Å². The molecule has 4 nitrogen and oxygen atoms in total. The van der Waals surface area contributed by atoms with Crippen LogP contribution in [0.3, 0.4) is 0 Å². The first kappa shape index (κ1) is 36.0. The molecule has 9 aromatic carbocycles. The molecule has 0 saturated heterocycles. The lowest BCUT2D eigenvalue weighted by Crippen LogP contribution is -2.26. The summed E-state index contributed by atoms with van der Waals surface area (Å²) < 4.78 is 20.1. The lowest BCUT2D eigenvalue weighted by Gasteiger charge is -2.33. The van der Waals surface area contributed by atoms with Crippen LogP contribution in [0.4, 0.5) is 39.8 Å². The fourth-order valence-electron chi connectivity index (χ4n) is 8.13. The van der Waals surface area contributed by atoms with E-state index in [4.69, 9.17) is 0 Å². The molecule has 1 aliphatic rings. The fourth-order valence-corrected chi connectivity index (χ4v) is 11.1. The van der Waals surface area contributed by atoms with Crippen LogP contribution in [0.2, 0.25) is 0 Å². The van der Waals surface area contributed by atoms with Crippen molar-refractivity contribution < 1.29 is 4.57 Å². The SMILES string of the molecule is O=P1(c2ccccc2)N(c2ccccc2)c2ccc(-c3ccc(N(c4ccc(-c5ccccc5)cc4)c4ccc(-c5ccccc5)cc4)cc3)cc2N1c1ccccc1. The quantitative estimate of drug-likeness (QED) is 0.136. The summed E-state index contributed by atoms with van der Waals surface area (Å²) in [6.45, 7) is 0. The van der Waals surface area contributed by atoms with E-state index in [0.29, 0.717) is 0 Å². The Labute approximate surface area is 346 Å². The van der Waals surface area contributed by atoms with Gasteiger partial charge in [0.25, 0.3) is 0 Å². The molecule has 1 heterocycles. The molecular formula is C54H40N3OP. The first-order valence-corrected chi connectivity index (χ1v) is 21.5. The summed E-state index contributed by atoms with van der Waals surface area (Å²) in [4.78, 5) is 2.31. The second-order valence-corrected chi connectivity index (χ2v) is 17.0. The minimum atomic E-state index is -3.46. The van der Waals surface area contributed by atoms with Crippen molar-refractivity contribution in [2.75, 3.05) is 14.2 Å². The molecule has 0 radical (unpaired) electrons. The van der Waals surface area contributed by atoms with Gasteiger partial charge in [-0.25, -0.2) is 0 Å². The van der Waals surface area contributed by atoms with E-state index in [9.17, 15) is 0 Å². The van der Waals surface area contributed by atoms with Crippen molar-refractivity contribution in [3.8, 4) is 33.4 Å². The predicted molar refractivity (Wildman–Crippen MR) is 248 cm³/mol. The number of benzene rings is 9. The zero-order valence-electron chi connectivity index (χ0n) is 32.3. The van der Waals surface area contributed by atoms with Gasteiger partial charge in [-0.3, -0.25) is 13.9 Å². The van der Waals surface area contributed by atoms with E-state index < -0.39 is 7.44 Å². The number of rotatable bonds is 9. The number of anilines is 7. The molecule has 0 bridgehead atoms. The van der Waals surface area contributed by atoms with Crippen LogP contribution in [-0.4, -0.2) is 0 Å². The van der Waals surface area contributed by atoms with E-state index in [1.165, 1.54) is 22.3 Å². The summed E-state index contributed by atoms with van der Waals surface area (Å²) in [6, 6.07) is 83.8. The van der Waals surface area contributed by atoms with Crippen molar-refractivity contribution in [1.82, 2.24) is 0 Å². The minimum Gasteiger partial charge on any atom is -0.311 e. The van der Waals surface area contributed by atoms with E-state index in [1.807, 2.05) is 108 Å². The third-order valence-electron chi connectivity index (χ3n) is 11.0. The molecule has 282 valence electrons. The van der Waals surface area contributed by atoms with Crippen molar-refractivity contribution in [2.45, 2.75) is 0 Å². The van der Waals surface area contributed by atoms with Crippen molar-refractivity contribution in [1.29, 1.82) is 0 Å². The maximum atomic E-state index is 16.0. The normalized spacial score (nSPS) is 14.5. The van der Waals surface area contributed by atoms with Gasteiger partial charge in [-0.1, -0.05) is 158 Å². The molecular weight excluding hydrogens is 738 g/mol. The molecule has 0 amide bonds. The maximum absolute atomic E-state index is 16.0. The summed E-state index contributed by atoms with van der Waals surface area (Å²) in [6.07, 6.45) is 0. The van der Waals surface area contributed by atoms with Crippen LogP contribution in [0.5, 0.6) is 0 Å². The molecule has 0 aromatic heterocycles. The molecule has 0 fully saturated rings. The Morgan fingerprint density at radius 2 is 0.627 bits per heavy atom. The summed E-state index contributed by atoms with van der Waals surface area (Å²) in [5, 5.41) is 0.767. The summed E-state index contributed by atoms with van der Waals surface area (Å²) in [5.41, 5.74) is 13.6. The monoisotopic (exact) mass is 777 g/mol. The van der Waals surface area contributed by atoms with Crippen LogP contribution in [-0.2, 0) is 4.57 Å². The van der Waals surface area contributed by atoms with E-state index >= 15 is 4.57 Å². The number of hydrogen-bond acceptors (Lipinski definition) is 2. The number of nitrogens with zero attached hydrogens (tertiary/aromatic N) is 3. The molecule has 59 heavy (non-hydrogen) atoms. The van der Waals surface area contributed by atoms with Crippen molar-refractivity contribution in [3.63, 3.8) is 0 Å². The third-order valence-corrected chi connectivity index (χ3v) is 13.9. The van der Waals surface area contributed by atoms with Gasteiger partial charge in [0.15, 0.2) is 0 Å². The molecule has 0 spiro atoms. The highest BCUT2D eigenvalue weighted by Crippen LogP contribution is 2.70. The highest BCUT2D eigenvalue weighted by Gasteiger charge is 2.49. The molecule has 1 atom stereocenters. The number of fused-ring (bicyclic) bond motifs is 1. The van der Waals surface area contributed by atoms with Gasteiger partial charge in [0.2, 0.25) is 0 Å². The molecule has 0 saturated carbocycles. The van der Waals surface area contributed by atoms with E-state index in [2.05, 4.69) is 149 Å². The van der Waals surface area contributed by atoms with E-state index in [-0.39, 0.29) is 0 Å². The Balaban J connectivity index is 1.06. The second-order valence-electron chi connectivity index (χ2n) is 14.6. The molecule has 5 heteroatoms. The predicted octanol–water partition coefficient (Wildman–Crippen LogP) is 15.0.